The van der Waals surface area contributed by atoms with E-state index in [-0.39, 0.29) is 16.5 Å². The lowest BCUT2D eigenvalue weighted by Gasteiger charge is -2.26. The maximum Gasteiger partial charge on any atom is 0.243 e. The molecule has 1 aromatic rings. The molecule has 2 unspecified atom stereocenters. The van der Waals surface area contributed by atoms with Gasteiger partial charge in [-0.05, 0) is 43.4 Å². The van der Waals surface area contributed by atoms with Crippen molar-refractivity contribution in [2.24, 2.45) is 5.92 Å². The molecule has 6 heteroatoms. The summed E-state index contributed by atoms with van der Waals surface area (Å²) in [5.41, 5.74) is -0.231. The van der Waals surface area contributed by atoms with Crippen molar-refractivity contribution in [3.05, 3.63) is 29.6 Å². The van der Waals surface area contributed by atoms with Gasteiger partial charge >= 0.3 is 0 Å². The van der Waals surface area contributed by atoms with Gasteiger partial charge in [0.05, 0.1) is 10.5 Å². The maximum atomic E-state index is 13.3. The van der Waals surface area contributed by atoms with Gasteiger partial charge < -0.3 is 0 Å². The van der Waals surface area contributed by atoms with Crippen LogP contribution in [0.3, 0.4) is 0 Å². The van der Waals surface area contributed by atoms with Gasteiger partial charge in [0.15, 0.2) is 0 Å². The molecule has 0 spiro atoms. The molecule has 1 saturated carbocycles. The van der Waals surface area contributed by atoms with E-state index in [1.54, 1.807) is 6.07 Å². The molecular weight excluding hydrogens is 267 g/mol. The second kappa shape index (κ2) is 4.29. The van der Waals surface area contributed by atoms with Crippen molar-refractivity contribution in [2.75, 3.05) is 6.54 Å². The van der Waals surface area contributed by atoms with E-state index in [2.05, 4.69) is 0 Å². The molecule has 0 radical (unpaired) electrons. The number of hydrogen-bond acceptors (Lipinski definition) is 3. The number of hydrogen-bond donors (Lipinski definition) is 0. The zero-order valence-electron chi connectivity index (χ0n) is 10.2. The largest absolute Gasteiger partial charge is 0.243 e. The van der Waals surface area contributed by atoms with Crippen LogP contribution in [0.2, 0.25) is 0 Å². The number of sulfonamides is 1. The van der Waals surface area contributed by atoms with Crippen LogP contribution in [-0.4, -0.2) is 25.3 Å². The second-order valence-corrected chi connectivity index (χ2v) is 7.05. The quantitative estimate of drug-likeness (QED) is 0.831. The van der Waals surface area contributed by atoms with Gasteiger partial charge in [-0.25, -0.2) is 12.8 Å². The number of rotatable bonds is 2. The van der Waals surface area contributed by atoms with Crippen LogP contribution in [0.5, 0.6) is 0 Å². The van der Waals surface area contributed by atoms with Crippen LogP contribution >= 0.6 is 0 Å². The molecule has 2 atom stereocenters. The number of fused-ring (bicyclic) bond motifs is 2. The summed E-state index contributed by atoms with van der Waals surface area (Å²) in [5, 5.41) is 8.78. The Kier molecular flexibility index (Phi) is 2.84. The molecule has 1 aliphatic carbocycles. The Morgan fingerprint density at radius 3 is 2.74 bits per heavy atom. The molecule has 0 amide bonds. The van der Waals surface area contributed by atoms with Crippen molar-refractivity contribution in [3.8, 4) is 6.07 Å². The van der Waals surface area contributed by atoms with Crippen LogP contribution in [0.4, 0.5) is 4.39 Å². The van der Waals surface area contributed by atoms with E-state index in [4.69, 9.17) is 5.26 Å². The molecular formula is C13H13FN2O2S. The lowest BCUT2D eigenvalue weighted by molar-refractivity contribution is 0.333. The van der Waals surface area contributed by atoms with Crippen molar-refractivity contribution in [1.29, 1.82) is 5.26 Å². The highest BCUT2D eigenvalue weighted by Gasteiger charge is 2.44. The Balaban J connectivity index is 1.99. The Bertz CT molecular complexity index is 666. The topological polar surface area (TPSA) is 61.2 Å². The van der Waals surface area contributed by atoms with Gasteiger partial charge in [-0.3, -0.25) is 0 Å². The van der Waals surface area contributed by atoms with E-state index in [1.165, 1.54) is 10.4 Å². The molecule has 4 nitrogen and oxygen atoms in total. The fourth-order valence-corrected chi connectivity index (χ4v) is 4.83. The van der Waals surface area contributed by atoms with E-state index < -0.39 is 15.8 Å². The van der Waals surface area contributed by atoms with Gasteiger partial charge in [-0.2, -0.15) is 9.57 Å². The van der Waals surface area contributed by atoms with Gasteiger partial charge in [0, 0.05) is 12.6 Å². The van der Waals surface area contributed by atoms with Gasteiger partial charge in [-0.1, -0.05) is 0 Å². The molecule has 2 fully saturated rings. The Morgan fingerprint density at radius 2 is 2.16 bits per heavy atom. The van der Waals surface area contributed by atoms with E-state index >= 15 is 0 Å². The SMILES string of the molecule is N#Cc1cc(S(=O)(=O)N2CC3CCC2C3)ccc1F. The van der Waals surface area contributed by atoms with Gasteiger partial charge in [0.25, 0.3) is 0 Å². The average Bonchev–Trinajstić information content (AvgIpc) is 3.01. The number of nitriles is 1. The van der Waals surface area contributed by atoms with Crippen LogP contribution in [-0.2, 0) is 10.0 Å². The first-order valence-corrected chi connectivity index (χ1v) is 7.68. The standard InChI is InChI=1S/C13H13FN2O2S/c14-13-4-3-12(6-10(13)7-15)19(17,18)16-8-9-1-2-11(16)5-9/h3-4,6,9,11H,1-2,5,8H2. The summed E-state index contributed by atoms with van der Waals surface area (Å²) in [6, 6.07) is 5.15. The minimum Gasteiger partial charge on any atom is -0.207 e. The van der Waals surface area contributed by atoms with Crippen LogP contribution in [0.1, 0.15) is 24.8 Å². The zero-order valence-corrected chi connectivity index (χ0v) is 11.0. The first kappa shape index (κ1) is 12.6. The molecule has 1 aliphatic heterocycles. The first-order valence-electron chi connectivity index (χ1n) is 6.24. The summed E-state index contributed by atoms with van der Waals surface area (Å²) in [6.07, 6.45) is 2.91. The maximum absolute atomic E-state index is 13.3. The molecule has 1 heterocycles. The smallest absolute Gasteiger partial charge is 0.207 e. The molecule has 1 aromatic carbocycles. The number of nitrogens with zero attached hydrogens (tertiary/aromatic N) is 2. The van der Waals surface area contributed by atoms with E-state index in [1.807, 2.05) is 0 Å². The third kappa shape index (κ3) is 1.94. The molecule has 3 rings (SSSR count). The van der Waals surface area contributed by atoms with Crippen LogP contribution in [0.25, 0.3) is 0 Å². The van der Waals surface area contributed by atoms with Gasteiger partial charge in [0.1, 0.15) is 11.9 Å². The predicted octanol–water partition coefficient (Wildman–Crippen LogP) is 1.87. The average molecular weight is 280 g/mol. The van der Waals surface area contributed by atoms with Gasteiger partial charge in [-0.15, -0.1) is 0 Å². The van der Waals surface area contributed by atoms with Crippen molar-refractivity contribution in [1.82, 2.24) is 4.31 Å². The van der Waals surface area contributed by atoms with Gasteiger partial charge in [0.2, 0.25) is 10.0 Å². The monoisotopic (exact) mass is 280 g/mol. The molecule has 19 heavy (non-hydrogen) atoms. The molecule has 1 saturated heterocycles. The van der Waals surface area contributed by atoms with Crippen molar-refractivity contribution >= 4 is 10.0 Å². The summed E-state index contributed by atoms with van der Waals surface area (Å²) in [4.78, 5) is 0.0120. The normalized spacial score (nSPS) is 26.5. The van der Waals surface area contributed by atoms with E-state index in [9.17, 15) is 12.8 Å². The molecule has 100 valence electrons. The summed E-state index contributed by atoms with van der Waals surface area (Å²) in [5.74, 6) is -0.236. The highest BCUT2D eigenvalue weighted by Crippen LogP contribution is 2.40. The first-order chi connectivity index (χ1) is 9.02. The zero-order chi connectivity index (χ0) is 13.6. The Hall–Kier alpha value is -1.45. The number of piperidine rings is 1. The molecule has 0 aromatic heterocycles. The highest BCUT2D eigenvalue weighted by molar-refractivity contribution is 7.89. The van der Waals surface area contributed by atoms with Crippen LogP contribution in [0.15, 0.2) is 23.1 Å². The minimum atomic E-state index is -3.60. The highest BCUT2D eigenvalue weighted by atomic mass is 32.2. The van der Waals surface area contributed by atoms with E-state index in [0.29, 0.717) is 12.5 Å². The molecule has 0 N–H and O–H groups in total. The minimum absolute atomic E-state index is 0.0120. The third-order valence-electron chi connectivity index (χ3n) is 4.02. The molecule has 2 bridgehead atoms. The lowest BCUT2D eigenvalue weighted by atomic mass is 10.1. The van der Waals surface area contributed by atoms with Crippen molar-refractivity contribution in [2.45, 2.75) is 30.2 Å². The predicted molar refractivity (Wildman–Crippen MR) is 66.1 cm³/mol. The summed E-state index contributed by atoms with van der Waals surface area (Å²) in [7, 11) is -3.60. The third-order valence-corrected chi connectivity index (χ3v) is 5.94. The summed E-state index contributed by atoms with van der Waals surface area (Å²) >= 11 is 0. The lowest BCUT2D eigenvalue weighted by Crippen LogP contribution is -2.37. The molecule has 2 aliphatic rings. The van der Waals surface area contributed by atoms with Crippen LogP contribution < -0.4 is 0 Å². The number of benzene rings is 1. The van der Waals surface area contributed by atoms with Crippen LogP contribution in [0, 0.1) is 23.1 Å². The Morgan fingerprint density at radius 1 is 1.37 bits per heavy atom. The second-order valence-electron chi connectivity index (χ2n) is 5.16. The van der Waals surface area contributed by atoms with Crippen molar-refractivity contribution < 1.29 is 12.8 Å². The Labute approximate surface area is 111 Å². The van der Waals surface area contributed by atoms with E-state index in [0.717, 1.165) is 31.4 Å². The summed E-state index contributed by atoms with van der Waals surface area (Å²) in [6.45, 7) is 0.548. The van der Waals surface area contributed by atoms with Crippen molar-refractivity contribution in [3.63, 3.8) is 0 Å². The number of halogens is 1. The fourth-order valence-electron chi connectivity index (χ4n) is 3.06. The summed E-state index contributed by atoms with van der Waals surface area (Å²) < 4.78 is 39.8. The fraction of sp³-hybridized carbons (Fsp3) is 0.462.